The van der Waals surface area contributed by atoms with E-state index in [1.807, 2.05) is 32.0 Å². The molecule has 0 spiro atoms. The topological polar surface area (TPSA) is 125 Å². The van der Waals surface area contributed by atoms with E-state index < -0.39 is 31.8 Å². The number of fused-ring (bicyclic) bond motifs is 1. The highest BCUT2D eigenvalue weighted by molar-refractivity contribution is 7.90. The summed E-state index contributed by atoms with van der Waals surface area (Å²) >= 11 is 0. The van der Waals surface area contributed by atoms with Gasteiger partial charge in [0.1, 0.15) is 13.2 Å². The summed E-state index contributed by atoms with van der Waals surface area (Å²) in [5.74, 6) is 0.693. The third-order valence-electron chi connectivity index (χ3n) is 4.81. The van der Waals surface area contributed by atoms with E-state index in [-0.39, 0.29) is 17.0 Å². The second kappa shape index (κ2) is 7.94. The van der Waals surface area contributed by atoms with Crippen molar-refractivity contribution >= 4 is 21.4 Å². The second-order valence-electron chi connectivity index (χ2n) is 7.67. The Hall–Kier alpha value is -3.14. The Kier molecular flexibility index (Phi) is 5.71. The molecule has 0 unspecified atom stereocenters. The Morgan fingerprint density at radius 3 is 2.43 bits per heavy atom. The van der Waals surface area contributed by atoms with E-state index in [9.17, 15) is 23.3 Å². The number of carbonyl (C=O) groups excluding carboxylic acids is 1. The molecule has 0 fully saturated rings. The minimum absolute atomic E-state index is 0.0948. The van der Waals surface area contributed by atoms with Crippen LogP contribution in [0.4, 0.5) is 5.69 Å². The van der Waals surface area contributed by atoms with Gasteiger partial charge in [0.05, 0.1) is 9.82 Å². The third kappa shape index (κ3) is 4.70. The van der Waals surface area contributed by atoms with E-state index in [1.165, 1.54) is 0 Å². The number of hydrogen-bond acceptors (Lipinski definition) is 7. The molecule has 1 N–H and O–H groups in total. The number of nitrogens with one attached hydrogen (secondary N) is 1. The first-order valence-electron chi connectivity index (χ1n) is 9.15. The van der Waals surface area contributed by atoms with Crippen LogP contribution < -0.4 is 14.8 Å². The molecule has 9 nitrogen and oxygen atoms in total. The molecular weight excluding hydrogens is 412 g/mol. The molecule has 0 bridgehead atoms. The number of rotatable bonds is 6. The smallest absolute Gasteiger partial charge is 0.271 e. The summed E-state index contributed by atoms with van der Waals surface area (Å²) in [5.41, 5.74) is -0.147. The van der Waals surface area contributed by atoms with E-state index in [2.05, 4.69) is 5.32 Å². The molecule has 1 aliphatic rings. The normalized spacial score (nSPS) is 13.6. The molecule has 2 aromatic carbocycles. The first-order chi connectivity index (χ1) is 14.0. The van der Waals surface area contributed by atoms with Crippen molar-refractivity contribution in [1.82, 2.24) is 5.32 Å². The van der Waals surface area contributed by atoms with Gasteiger partial charge in [0.25, 0.3) is 11.6 Å². The zero-order valence-electron chi connectivity index (χ0n) is 16.8. The molecule has 0 saturated carbocycles. The average Bonchev–Trinajstić information content (AvgIpc) is 2.70. The summed E-state index contributed by atoms with van der Waals surface area (Å²) in [7, 11) is -3.72. The van der Waals surface area contributed by atoms with Crippen LogP contribution in [0, 0.1) is 10.1 Å². The Labute approximate surface area is 174 Å². The molecule has 0 aromatic heterocycles. The molecule has 160 valence electrons. The van der Waals surface area contributed by atoms with Crippen LogP contribution in [0.2, 0.25) is 0 Å². The molecule has 0 radical (unpaired) electrons. The van der Waals surface area contributed by atoms with Gasteiger partial charge in [-0.3, -0.25) is 14.9 Å². The highest BCUT2D eigenvalue weighted by Crippen LogP contribution is 2.35. The van der Waals surface area contributed by atoms with Crippen molar-refractivity contribution in [2.45, 2.75) is 24.2 Å². The van der Waals surface area contributed by atoms with Crippen LogP contribution >= 0.6 is 0 Å². The summed E-state index contributed by atoms with van der Waals surface area (Å²) in [6, 6.07) is 8.68. The average molecular weight is 434 g/mol. The predicted molar refractivity (Wildman–Crippen MR) is 109 cm³/mol. The maximum atomic E-state index is 12.6. The first-order valence-corrected chi connectivity index (χ1v) is 11.0. The summed E-state index contributed by atoms with van der Waals surface area (Å²) in [6.07, 6.45) is 0.929. The Balaban J connectivity index is 1.81. The van der Waals surface area contributed by atoms with Gasteiger partial charge < -0.3 is 14.8 Å². The van der Waals surface area contributed by atoms with E-state index in [0.717, 1.165) is 30.0 Å². The molecule has 0 atom stereocenters. The molecule has 2 aromatic rings. The molecule has 0 aliphatic carbocycles. The van der Waals surface area contributed by atoms with E-state index in [4.69, 9.17) is 9.47 Å². The first kappa shape index (κ1) is 21.6. The van der Waals surface area contributed by atoms with Crippen molar-refractivity contribution in [3.05, 3.63) is 57.6 Å². The van der Waals surface area contributed by atoms with Crippen molar-refractivity contribution < 1.29 is 27.6 Å². The molecule has 3 rings (SSSR count). The summed E-state index contributed by atoms with van der Waals surface area (Å²) in [5, 5.41) is 13.9. The van der Waals surface area contributed by atoms with Crippen molar-refractivity contribution in [1.29, 1.82) is 0 Å². The van der Waals surface area contributed by atoms with Crippen molar-refractivity contribution in [3.8, 4) is 11.5 Å². The van der Waals surface area contributed by atoms with Gasteiger partial charge in [-0.15, -0.1) is 0 Å². The molecule has 1 heterocycles. The van der Waals surface area contributed by atoms with Gasteiger partial charge in [0.2, 0.25) is 0 Å². The Morgan fingerprint density at radius 1 is 1.13 bits per heavy atom. The SMILES string of the molecule is CC(C)(CNC(=O)c1cc([N+](=O)[O-])cc(S(C)(=O)=O)c1)c1ccc2c(c1)OCCO2. The van der Waals surface area contributed by atoms with Gasteiger partial charge in [-0.05, 0) is 23.8 Å². The molecular formula is C20H22N2O7S. The van der Waals surface area contributed by atoms with Gasteiger partial charge in [0, 0.05) is 35.9 Å². The summed E-state index contributed by atoms with van der Waals surface area (Å²) < 4.78 is 34.8. The number of nitro groups is 1. The van der Waals surface area contributed by atoms with Crippen LogP contribution in [0.25, 0.3) is 0 Å². The number of sulfone groups is 1. The van der Waals surface area contributed by atoms with Crippen molar-refractivity contribution in [3.63, 3.8) is 0 Å². The van der Waals surface area contributed by atoms with Crippen molar-refractivity contribution in [2.24, 2.45) is 0 Å². The van der Waals surface area contributed by atoms with Gasteiger partial charge in [-0.1, -0.05) is 19.9 Å². The zero-order chi connectivity index (χ0) is 22.1. The van der Waals surface area contributed by atoms with Gasteiger partial charge >= 0.3 is 0 Å². The van der Waals surface area contributed by atoms with Crippen LogP contribution in [0.1, 0.15) is 29.8 Å². The number of nitrogens with zero attached hydrogens (tertiary/aromatic N) is 1. The molecule has 1 aliphatic heterocycles. The third-order valence-corrected chi connectivity index (χ3v) is 5.90. The summed E-state index contributed by atoms with van der Waals surface area (Å²) in [6.45, 7) is 5.01. The highest BCUT2D eigenvalue weighted by atomic mass is 32.2. The van der Waals surface area contributed by atoms with Gasteiger partial charge in [0.15, 0.2) is 21.3 Å². The molecule has 10 heteroatoms. The van der Waals surface area contributed by atoms with Crippen LogP contribution in [-0.4, -0.2) is 45.3 Å². The Bertz CT molecular complexity index is 1110. The van der Waals surface area contributed by atoms with Gasteiger partial charge in [-0.25, -0.2) is 8.42 Å². The van der Waals surface area contributed by atoms with Crippen LogP contribution in [0.15, 0.2) is 41.3 Å². The van der Waals surface area contributed by atoms with Crippen LogP contribution in [0.3, 0.4) is 0 Å². The fourth-order valence-corrected chi connectivity index (χ4v) is 3.68. The number of benzene rings is 2. The number of carbonyl (C=O) groups is 1. The molecule has 30 heavy (non-hydrogen) atoms. The quantitative estimate of drug-likeness (QED) is 0.547. The van der Waals surface area contributed by atoms with E-state index >= 15 is 0 Å². The fraction of sp³-hybridized carbons (Fsp3) is 0.350. The lowest BCUT2D eigenvalue weighted by molar-refractivity contribution is -0.385. The lowest BCUT2D eigenvalue weighted by Crippen LogP contribution is -2.36. The number of amides is 1. The Morgan fingerprint density at radius 2 is 1.80 bits per heavy atom. The standard InChI is InChI=1S/C20H22N2O7S/c1-20(2,14-4-5-17-18(10-14)29-7-6-28-17)12-21-19(23)13-8-15(22(24)25)11-16(9-13)30(3,26)27/h4-5,8-11H,6-7,12H2,1-3H3,(H,21,23). The lowest BCUT2D eigenvalue weighted by Gasteiger charge is -2.28. The maximum absolute atomic E-state index is 12.6. The van der Waals surface area contributed by atoms with Crippen molar-refractivity contribution in [2.75, 3.05) is 26.0 Å². The zero-order valence-corrected chi connectivity index (χ0v) is 17.6. The predicted octanol–water partition coefficient (Wildman–Crippen LogP) is 2.48. The van der Waals surface area contributed by atoms with Crippen LogP contribution in [0.5, 0.6) is 11.5 Å². The minimum atomic E-state index is -3.72. The summed E-state index contributed by atoms with van der Waals surface area (Å²) in [4.78, 5) is 22.8. The number of nitro benzene ring substituents is 1. The molecule has 1 amide bonds. The number of ether oxygens (including phenoxy) is 2. The number of non-ortho nitro benzene ring substituents is 1. The van der Waals surface area contributed by atoms with E-state index in [1.54, 1.807) is 0 Å². The monoisotopic (exact) mass is 434 g/mol. The van der Waals surface area contributed by atoms with E-state index in [0.29, 0.717) is 24.7 Å². The highest BCUT2D eigenvalue weighted by Gasteiger charge is 2.25. The lowest BCUT2D eigenvalue weighted by atomic mass is 9.84. The van der Waals surface area contributed by atoms with Gasteiger partial charge in [-0.2, -0.15) is 0 Å². The maximum Gasteiger partial charge on any atom is 0.271 e. The van der Waals surface area contributed by atoms with Crippen LogP contribution in [-0.2, 0) is 15.3 Å². The number of hydrogen-bond donors (Lipinski definition) is 1. The molecule has 0 saturated heterocycles. The minimum Gasteiger partial charge on any atom is -0.486 e. The second-order valence-corrected chi connectivity index (χ2v) is 9.69. The largest absolute Gasteiger partial charge is 0.486 e. The fourth-order valence-electron chi connectivity index (χ4n) is 3.00.